The summed E-state index contributed by atoms with van der Waals surface area (Å²) in [6, 6.07) is 2.03. The van der Waals surface area contributed by atoms with E-state index in [2.05, 4.69) is 23.8 Å². The predicted octanol–water partition coefficient (Wildman–Crippen LogP) is 2.93. The Hall–Kier alpha value is -1.79. The number of aromatic nitrogens is 1. The number of pyridine rings is 1. The minimum atomic E-state index is -0.369. The smallest absolute Gasteiger partial charge is 0.295 e. The first-order valence-electron chi connectivity index (χ1n) is 8.92. The molecule has 0 radical (unpaired) electrons. The van der Waals surface area contributed by atoms with E-state index in [1.807, 2.05) is 0 Å². The summed E-state index contributed by atoms with van der Waals surface area (Å²) in [5, 5.41) is 0.921. The Bertz CT molecular complexity index is 958. The second kappa shape index (κ2) is 6.13. The molecule has 7 heteroatoms. The molecule has 2 unspecified atom stereocenters. The van der Waals surface area contributed by atoms with Gasteiger partial charge in [-0.2, -0.15) is 0 Å². The highest BCUT2D eigenvalue weighted by Gasteiger charge is 2.36. The molecule has 0 bridgehead atoms. The molecule has 0 spiro atoms. The fraction of sp³-hybridized carbons (Fsp3) is 0.526. The van der Waals surface area contributed by atoms with Crippen LogP contribution in [0.5, 0.6) is 5.75 Å². The number of likely N-dealkylation sites (N-methyl/N-ethyl adjacent to an activating group) is 1. The van der Waals surface area contributed by atoms with Gasteiger partial charge in [0.2, 0.25) is 5.75 Å². The largest absolute Gasteiger partial charge is 0.486 e. The van der Waals surface area contributed by atoms with E-state index in [1.165, 1.54) is 10.6 Å². The van der Waals surface area contributed by atoms with Gasteiger partial charge >= 0.3 is 0 Å². The molecule has 0 aliphatic carbocycles. The number of benzene rings is 1. The molecule has 26 heavy (non-hydrogen) atoms. The van der Waals surface area contributed by atoms with Crippen LogP contribution in [-0.2, 0) is 7.05 Å². The molecule has 4 rings (SSSR count). The highest BCUT2D eigenvalue weighted by molar-refractivity contribution is 6.36. The van der Waals surface area contributed by atoms with Crippen LogP contribution in [0, 0.1) is 12.7 Å². The molecule has 3 heterocycles. The number of hydrogen-bond acceptors (Lipinski definition) is 4. The number of piperazine rings is 1. The summed E-state index contributed by atoms with van der Waals surface area (Å²) in [6.45, 7) is 5.89. The van der Waals surface area contributed by atoms with Crippen molar-refractivity contribution in [3.63, 3.8) is 0 Å². The van der Waals surface area contributed by atoms with Gasteiger partial charge in [-0.05, 0) is 27.0 Å². The van der Waals surface area contributed by atoms with Gasteiger partial charge in [-0.25, -0.2) is 4.39 Å². The lowest BCUT2D eigenvalue weighted by molar-refractivity contribution is 0.189. The molecule has 1 saturated heterocycles. The lowest BCUT2D eigenvalue weighted by Gasteiger charge is -2.44. The summed E-state index contributed by atoms with van der Waals surface area (Å²) in [5.41, 5.74) is 1.37. The van der Waals surface area contributed by atoms with E-state index in [0.717, 1.165) is 19.5 Å². The Morgan fingerprint density at radius 2 is 2.04 bits per heavy atom. The van der Waals surface area contributed by atoms with Crippen molar-refractivity contribution in [2.75, 3.05) is 31.6 Å². The van der Waals surface area contributed by atoms with Gasteiger partial charge in [-0.15, -0.1) is 0 Å². The van der Waals surface area contributed by atoms with Crippen molar-refractivity contribution in [1.29, 1.82) is 0 Å². The molecule has 1 fully saturated rings. The molecule has 140 valence electrons. The topological polar surface area (TPSA) is 37.7 Å². The Morgan fingerprint density at radius 3 is 2.77 bits per heavy atom. The molecule has 5 nitrogen and oxygen atoms in total. The first kappa shape index (κ1) is 17.6. The highest BCUT2D eigenvalue weighted by atomic mass is 35.5. The minimum Gasteiger partial charge on any atom is -0.486 e. The zero-order valence-corrected chi connectivity index (χ0v) is 16.2. The van der Waals surface area contributed by atoms with Crippen molar-refractivity contribution in [2.45, 2.75) is 32.4 Å². The number of halogens is 2. The number of hydrogen-bond donors (Lipinski definition) is 0. The van der Waals surface area contributed by atoms with E-state index in [0.29, 0.717) is 40.6 Å². The SMILES string of the molecule is Cc1c(F)cc2c3c(c(=O)n(C)c2c1Cl)OCCC1CN(C)C(C)CN31. The summed E-state index contributed by atoms with van der Waals surface area (Å²) in [4.78, 5) is 17.5. The first-order valence-corrected chi connectivity index (χ1v) is 9.30. The third-order valence-electron chi connectivity index (χ3n) is 5.86. The van der Waals surface area contributed by atoms with Crippen molar-refractivity contribution >= 4 is 28.2 Å². The number of anilines is 1. The van der Waals surface area contributed by atoms with Gasteiger partial charge < -0.3 is 14.2 Å². The lowest BCUT2D eigenvalue weighted by Crippen LogP contribution is -2.56. The van der Waals surface area contributed by atoms with Crippen molar-refractivity contribution < 1.29 is 9.13 Å². The van der Waals surface area contributed by atoms with Crippen LogP contribution in [0.4, 0.5) is 10.1 Å². The molecular weight excluding hydrogens is 357 g/mol. The highest BCUT2D eigenvalue weighted by Crippen LogP contribution is 2.41. The summed E-state index contributed by atoms with van der Waals surface area (Å²) >= 11 is 6.45. The Labute approximate surface area is 156 Å². The molecule has 2 atom stereocenters. The van der Waals surface area contributed by atoms with Crippen LogP contribution >= 0.6 is 11.6 Å². The van der Waals surface area contributed by atoms with Crippen LogP contribution in [-0.4, -0.2) is 48.3 Å². The molecule has 0 N–H and O–H groups in total. The van der Waals surface area contributed by atoms with Gasteiger partial charge in [-0.1, -0.05) is 11.6 Å². The van der Waals surface area contributed by atoms with Crippen LogP contribution in [0.3, 0.4) is 0 Å². The first-order chi connectivity index (χ1) is 12.3. The average molecular weight is 380 g/mol. The number of ether oxygens (including phenoxy) is 1. The van der Waals surface area contributed by atoms with E-state index in [4.69, 9.17) is 16.3 Å². The van der Waals surface area contributed by atoms with Crippen LogP contribution in [0.2, 0.25) is 5.02 Å². The Morgan fingerprint density at radius 1 is 1.31 bits per heavy atom. The van der Waals surface area contributed by atoms with Crippen molar-refractivity contribution in [2.24, 2.45) is 7.05 Å². The molecule has 1 aromatic heterocycles. The van der Waals surface area contributed by atoms with E-state index < -0.39 is 0 Å². The third-order valence-corrected chi connectivity index (χ3v) is 6.33. The van der Waals surface area contributed by atoms with Crippen molar-refractivity contribution in [3.05, 3.63) is 32.8 Å². The molecule has 2 aliphatic rings. The van der Waals surface area contributed by atoms with Crippen molar-refractivity contribution in [1.82, 2.24) is 9.47 Å². The third kappa shape index (κ3) is 2.42. The van der Waals surface area contributed by atoms with Crippen LogP contribution < -0.4 is 15.2 Å². The summed E-state index contributed by atoms with van der Waals surface area (Å²) in [7, 11) is 3.77. The monoisotopic (exact) mass is 379 g/mol. The molecule has 0 saturated carbocycles. The quantitative estimate of drug-likeness (QED) is 0.705. The second-order valence-electron chi connectivity index (χ2n) is 7.47. The summed E-state index contributed by atoms with van der Waals surface area (Å²) < 4.78 is 21.9. The average Bonchev–Trinajstić information content (AvgIpc) is 2.77. The standard InChI is InChI=1S/C19H23ClFN3O2/c1-10-8-24-12(9-22(10)3)5-6-26-18-17(24)13-7-14(21)11(2)15(20)16(13)23(4)19(18)25/h7,10,12H,5-6,8-9H2,1-4H3. The fourth-order valence-electron chi connectivity index (χ4n) is 4.11. The molecule has 1 aromatic carbocycles. The summed E-state index contributed by atoms with van der Waals surface area (Å²) in [5.74, 6) is -0.0649. The van der Waals surface area contributed by atoms with Gasteiger partial charge in [0.25, 0.3) is 5.56 Å². The van der Waals surface area contributed by atoms with Crippen LogP contribution in [0.1, 0.15) is 18.9 Å². The zero-order chi connectivity index (χ0) is 18.7. The fourth-order valence-corrected chi connectivity index (χ4v) is 4.43. The number of fused-ring (bicyclic) bond motifs is 5. The van der Waals surface area contributed by atoms with E-state index >= 15 is 0 Å². The van der Waals surface area contributed by atoms with Crippen LogP contribution in [0.25, 0.3) is 10.9 Å². The van der Waals surface area contributed by atoms with E-state index in [-0.39, 0.29) is 22.4 Å². The maximum atomic E-state index is 14.5. The van der Waals surface area contributed by atoms with Gasteiger partial charge in [0.1, 0.15) is 5.82 Å². The molecule has 0 amide bonds. The second-order valence-corrected chi connectivity index (χ2v) is 7.85. The Balaban J connectivity index is 2.08. The Kier molecular flexibility index (Phi) is 4.15. The number of nitrogens with zero attached hydrogens (tertiary/aromatic N) is 3. The maximum Gasteiger partial charge on any atom is 0.295 e. The number of aryl methyl sites for hydroxylation is 1. The molecule has 2 aromatic rings. The molecule has 2 aliphatic heterocycles. The minimum absolute atomic E-state index is 0.218. The van der Waals surface area contributed by atoms with Crippen LogP contribution in [0.15, 0.2) is 10.9 Å². The lowest BCUT2D eigenvalue weighted by atomic mass is 10.0. The predicted molar refractivity (Wildman–Crippen MR) is 102 cm³/mol. The van der Waals surface area contributed by atoms with E-state index in [9.17, 15) is 9.18 Å². The number of rotatable bonds is 0. The normalized spacial score (nSPS) is 23.4. The van der Waals surface area contributed by atoms with Crippen molar-refractivity contribution in [3.8, 4) is 5.75 Å². The van der Waals surface area contributed by atoms with Gasteiger partial charge in [0.05, 0.1) is 22.8 Å². The zero-order valence-electron chi connectivity index (χ0n) is 15.5. The summed E-state index contributed by atoms with van der Waals surface area (Å²) in [6.07, 6.45) is 0.818. The van der Waals surface area contributed by atoms with E-state index in [1.54, 1.807) is 14.0 Å². The van der Waals surface area contributed by atoms with Gasteiger partial charge in [0.15, 0.2) is 0 Å². The molecular formula is C19H23ClFN3O2. The van der Waals surface area contributed by atoms with Gasteiger partial charge in [-0.3, -0.25) is 9.69 Å². The maximum absolute atomic E-state index is 14.5. The van der Waals surface area contributed by atoms with Gasteiger partial charge in [0, 0.05) is 49.6 Å².